The molecule has 0 fully saturated rings. The largest absolute Gasteiger partial charge is 0.395 e. The Kier molecular flexibility index (Phi) is 4.80. The van der Waals surface area contributed by atoms with Crippen LogP contribution in [0.5, 0.6) is 0 Å². The molecule has 0 heterocycles. The lowest BCUT2D eigenvalue weighted by Crippen LogP contribution is -2.36. The van der Waals surface area contributed by atoms with E-state index in [0.29, 0.717) is 11.8 Å². The number of nitrogens with one attached hydrogen (secondary N) is 1. The number of aliphatic hydroxyl groups excluding tert-OH is 1. The van der Waals surface area contributed by atoms with E-state index in [1.54, 1.807) is 24.3 Å². The average molecular weight is 358 g/mol. The van der Waals surface area contributed by atoms with Gasteiger partial charge in [-0.25, -0.2) is 13.1 Å². The molecule has 0 spiro atoms. The van der Waals surface area contributed by atoms with Crippen LogP contribution in [0.1, 0.15) is 13.3 Å². The quantitative estimate of drug-likeness (QED) is 0.864. The lowest BCUT2D eigenvalue weighted by molar-refractivity contribution is 0.254. The van der Waals surface area contributed by atoms with Gasteiger partial charge in [-0.05, 0) is 23.9 Å². The topological polar surface area (TPSA) is 66.4 Å². The van der Waals surface area contributed by atoms with Crippen LogP contribution in [-0.4, -0.2) is 26.2 Å². The summed E-state index contributed by atoms with van der Waals surface area (Å²) >= 11 is 3.42. The van der Waals surface area contributed by atoms with E-state index in [1.165, 1.54) is 0 Å². The van der Waals surface area contributed by atoms with Gasteiger partial charge in [-0.15, -0.1) is 0 Å². The number of hydrogen-bond acceptors (Lipinski definition) is 3. The molecule has 0 aliphatic heterocycles. The first-order valence-corrected chi connectivity index (χ1v) is 8.57. The molecule has 0 aliphatic rings. The van der Waals surface area contributed by atoms with Crippen LogP contribution in [0.4, 0.5) is 0 Å². The minimum atomic E-state index is -3.66. The van der Waals surface area contributed by atoms with Crippen LogP contribution < -0.4 is 4.72 Å². The van der Waals surface area contributed by atoms with Gasteiger partial charge in [0.1, 0.15) is 0 Å². The normalized spacial score (nSPS) is 13.6. The number of rotatable bonds is 5. The third-order valence-corrected chi connectivity index (χ3v) is 5.43. The van der Waals surface area contributed by atoms with Gasteiger partial charge in [-0.1, -0.05) is 47.1 Å². The van der Waals surface area contributed by atoms with E-state index in [9.17, 15) is 8.42 Å². The molecule has 0 saturated heterocycles. The number of fused-ring (bicyclic) bond motifs is 1. The molecule has 2 aromatic carbocycles. The summed E-state index contributed by atoms with van der Waals surface area (Å²) in [5, 5.41) is 10.7. The number of sulfonamides is 1. The molecular formula is C14H16BrNO3S. The standard InChI is InChI=1S/C14H16BrNO3S/c1-2-10(9-17)16-20(18,19)14-8-7-13(15)11-5-3-4-6-12(11)14/h3-8,10,16-17H,2,9H2,1H3/t10-/m1/s1. The second-order valence-electron chi connectivity index (χ2n) is 4.50. The third kappa shape index (κ3) is 3.03. The second-order valence-corrected chi connectivity index (χ2v) is 7.04. The zero-order valence-electron chi connectivity index (χ0n) is 11.0. The first-order valence-electron chi connectivity index (χ1n) is 6.30. The van der Waals surface area contributed by atoms with Gasteiger partial charge < -0.3 is 5.11 Å². The summed E-state index contributed by atoms with van der Waals surface area (Å²) in [6.07, 6.45) is 0.532. The highest BCUT2D eigenvalue weighted by Gasteiger charge is 2.21. The van der Waals surface area contributed by atoms with E-state index in [0.717, 1.165) is 9.86 Å². The van der Waals surface area contributed by atoms with Crippen molar-refractivity contribution >= 4 is 36.7 Å². The number of benzene rings is 2. The minimum Gasteiger partial charge on any atom is -0.395 e. The van der Waals surface area contributed by atoms with Crippen LogP contribution in [0.3, 0.4) is 0 Å². The summed E-state index contributed by atoms with van der Waals surface area (Å²) in [5.41, 5.74) is 0. The summed E-state index contributed by atoms with van der Waals surface area (Å²) in [5.74, 6) is 0. The van der Waals surface area contributed by atoms with E-state index >= 15 is 0 Å². The molecule has 108 valence electrons. The van der Waals surface area contributed by atoms with Gasteiger partial charge in [0.25, 0.3) is 0 Å². The first-order chi connectivity index (χ1) is 9.49. The summed E-state index contributed by atoms with van der Waals surface area (Å²) in [6, 6.07) is 10.1. The maximum atomic E-state index is 12.4. The maximum absolute atomic E-state index is 12.4. The fraction of sp³-hybridized carbons (Fsp3) is 0.286. The van der Waals surface area contributed by atoms with Crippen molar-refractivity contribution in [1.29, 1.82) is 0 Å². The van der Waals surface area contributed by atoms with Crippen molar-refractivity contribution in [3.63, 3.8) is 0 Å². The van der Waals surface area contributed by atoms with E-state index < -0.39 is 16.1 Å². The number of hydrogen-bond donors (Lipinski definition) is 2. The molecule has 2 N–H and O–H groups in total. The van der Waals surface area contributed by atoms with Gasteiger partial charge >= 0.3 is 0 Å². The number of aliphatic hydroxyl groups is 1. The molecule has 20 heavy (non-hydrogen) atoms. The Morgan fingerprint density at radius 2 is 1.85 bits per heavy atom. The molecule has 1 atom stereocenters. The molecular weight excluding hydrogens is 342 g/mol. The molecule has 0 radical (unpaired) electrons. The van der Waals surface area contributed by atoms with Gasteiger partial charge in [-0.3, -0.25) is 0 Å². The Balaban J connectivity index is 2.55. The van der Waals surface area contributed by atoms with Crippen LogP contribution in [0.25, 0.3) is 10.8 Å². The third-order valence-electron chi connectivity index (χ3n) is 3.16. The Morgan fingerprint density at radius 1 is 1.20 bits per heavy atom. The SMILES string of the molecule is CC[C@H](CO)NS(=O)(=O)c1ccc(Br)c2ccccc12. The van der Waals surface area contributed by atoms with Gasteiger partial charge in [0, 0.05) is 15.9 Å². The van der Waals surface area contributed by atoms with Crippen molar-refractivity contribution in [1.82, 2.24) is 4.72 Å². The van der Waals surface area contributed by atoms with E-state index in [4.69, 9.17) is 5.11 Å². The molecule has 6 heteroatoms. The van der Waals surface area contributed by atoms with Crippen molar-refractivity contribution in [3.05, 3.63) is 40.9 Å². The summed E-state index contributed by atoms with van der Waals surface area (Å²) in [4.78, 5) is 0.225. The highest BCUT2D eigenvalue weighted by molar-refractivity contribution is 9.10. The lowest BCUT2D eigenvalue weighted by Gasteiger charge is -2.16. The monoisotopic (exact) mass is 357 g/mol. The van der Waals surface area contributed by atoms with Crippen LogP contribution in [0.2, 0.25) is 0 Å². The summed E-state index contributed by atoms with van der Waals surface area (Å²) in [6.45, 7) is 1.60. The van der Waals surface area contributed by atoms with Crippen molar-refractivity contribution in [2.45, 2.75) is 24.3 Å². The average Bonchev–Trinajstić information content (AvgIpc) is 2.45. The molecule has 0 saturated carbocycles. The molecule has 4 nitrogen and oxygen atoms in total. The van der Waals surface area contributed by atoms with E-state index in [2.05, 4.69) is 20.7 Å². The zero-order valence-corrected chi connectivity index (χ0v) is 13.4. The summed E-state index contributed by atoms with van der Waals surface area (Å²) < 4.78 is 28.3. The van der Waals surface area contributed by atoms with Crippen LogP contribution in [0, 0.1) is 0 Å². The molecule has 0 bridgehead atoms. The molecule has 2 rings (SSSR count). The molecule has 0 amide bonds. The predicted molar refractivity (Wildman–Crippen MR) is 83.1 cm³/mol. The Bertz CT molecular complexity index is 711. The van der Waals surface area contributed by atoms with Crippen LogP contribution in [-0.2, 0) is 10.0 Å². The fourth-order valence-electron chi connectivity index (χ4n) is 2.00. The fourth-order valence-corrected chi connectivity index (χ4v) is 4.00. The van der Waals surface area contributed by atoms with Gasteiger partial charge in [0.2, 0.25) is 10.0 Å². The molecule has 2 aromatic rings. The minimum absolute atomic E-state index is 0.218. The molecule has 0 aromatic heterocycles. The second kappa shape index (κ2) is 6.22. The predicted octanol–water partition coefficient (Wildman–Crippen LogP) is 2.65. The summed E-state index contributed by atoms with van der Waals surface area (Å²) in [7, 11) is -3.66. The van der Waals surface area contributed by atoms with Gasteiger partial charge in [-0.2, -0.15) is 0 Å². The molecule has 0 aliphatic carbocycles. The highest BCUT2D eigenvalue weighted by Crippen LogP contribution is 2.29. The van der Waals surface area contributed by atoms with Crippen molar-refractivity contribution in [3.8, 4) is 0 Å². The smallest absolute Gasteiger partial charge is 0.241 e. The maximum Gasteiger partial charge on any atom is 0.241 e. The highest BCUT2D eigenvalue weighted by atomic mass is 79.9. The van der Waals surface area contributed by atoms with E-state index in [1.807, 2.05) is 19.1 Å². The van der Waals surface area contributed by atoms with Crippen LogP contribution >= 0.6 is 15.9 Å². The van der Waals surface area contributed by atoms with Crippen molar-refractivity contribution < 1.29 is 13.5 Å². The zero-order chi connectivity index (χ0) is 14.8. The van der Waals surface area contributed by atoms with Gasteiger partial charge in [0.15, 0.2) is 0 Å². The van der Waals surface area contributed by atoms with Crippen molar-refractivity contribution in [2.24, 2.45) is 0 Å². The Morgan fingerprint density at radius 3 is 2.45 bits per heavy atom. The Labute approximate surface area is 127 Å². The van der Waals surface area contributed by atoms with Crippen molar-refractivity contribution in [2.75, 3.05) is 6.61 Å². The first kappa shape index (κ1) is 15.4. The van der Waals surface area contributed by atoms with Gasteiger partial charge in [0.05, 0.1) is 11.5 Å². The van der Waals surface area contributed by atoms with Crippen LogP contribution in [0.15, 0.2) is 45.8 Å². The lowest BCUT2D eigenvalue weighted by atomic mass is 10.1. The molecule has 0 unspecified atom stereocenters. The number of halogens is 1. The Hall–Kier alpha value is -0.950. The van der Waals surface area contributed by atoms with E-state index in [-0.39, 0.29) is 11.5 Å².